The maximum atomic E-state index is 5.49. The minimum absolute atomic E-state index is 0.350. The van der Waals surface area contributed by atoms with Gasteiger partial charge in [-0.3, -0.25) is 0 Å². The second kappa shape index (κ2) is 4.53. The van der Waals surface area contributed by atoms with Gasteiger partial charge in [-0.15, -0.1) is 0 Å². The summed E-state index contributed by atoms with van der Waals surface area (Å²) in [6.45, 7) is 3.22. The fourth-order valence-electron chi connectivity index (χ4n) is 1.89. The number of aryl methyl sites for hydroxylation is 1. The van der Waals surface area contributed by atoms with Crippen molar-refractivity contribution in [2.45, 2.75) is 26.2 Å². The van der Waals surface area contributed by atoms with Crippen molar-refractivity contribution in [2.75, 3.05) is 13.3 Å². The van der Waals surface area contributed by atoms with Crippen LogP contribution in [0.3, 0.4) is 0 Å². The molecular formula is C12H17NO2. The van der Waals surface area contributed by atoms with Crippen LogP contribution < -0.4 is 15.2 Å². The summed E-state index contributed by atoms with van der Waals surface area (Å²) in [5.74, 6) is 1.82. The molecule has 2 rings (SSSR count). The van der Waals surface area contributed by atoms with Crippen LogP contribution in [0, 0.1) is 6.92 Å². The van der Waals surface area contributed by atoms with E-state index in [9.17, 15) is 0 Å². The smallest absolute Gasteiger partial charge is 0.231 e. The zero-order valence-corrected chi connectivity index (χ0v) is 9.08. The molecule has 3 nitrogen and oxygen atoms in total. The summed E-state index contributed by atoms with van der Waals surface area (Å²) in [5, 5.41) is 0. The summed E-state index contributed by atoms with van der Waals surface area (Å²) in [6.07, 6.45) is 3.19. The third kappa shape index (κ3) is 2.07. The van der Waals surface area contributed by atoms with Crippen LogP contribution in [0.15, 0.2) is 12.1 Å². The molecule has 0 saturated heterocycles. The highest BCUT2D eigenvalue weighted by Crippen LogP contribution is 2.37. The van der Waals surface area contributed by atoms with Crippen molar-refractivity contribution in [1.82, 2.24) is 0 Å². The van der Waals surface area contributed by atoms with Gasteiger partial charge in [-0.25, -0.2) is 0 Å². The number of nitrogens with two attached hydrogens (primary N) is 1. The van der Waals surface area contributed by atoms with Gasteiger partial charge in [0.05, 0.1) is 0 Å². The van der Waals surface area contributed by atoms with Crippen LogP contribution in [-0.2, 0) is 6.42 Å². The predicted molar refractivity (Wildman–Crippen MR) is 59.3 cm³/mol. The van der Waals surface area contributed by atoms with E-state index in [1.165, 1.54) is 11.1 Å². The largest absolute Gasteiger partial charge is 0.454 e. The number of ether oxygens (including phenoxy) is 2. The van der Waals surface area contributed by atoms with Crippen molar-refractivity contribution >= 4 is 0 Å². The van der Waals surface area contributed by atoms with Crippen LogP contribution in [-0.4, -0.2) is 13.3 Å². The highest BCUT2D eigenvalue weighted by Gasteiger charge is 2.18. The average molecular weight is 207 g/mol. The normalized spacial score (nSPS) is 13.2. The molecule has 3 heteroatoms. The molecule has 2 N–H and O–H groups in total. The predicted octanol–water partition coefficient (Wildman–Crippen LogP) is 2.01. The number of unbranched alkanes of at least 4 members (excludes halogenated alkanes) is 1. The number of benzene rings is 1. The third-order valence-corrected chi connectivity index (χ3v) is 2.76. The van der Waals surface area contributed by atoms with Gasteiger partial charge in [0.25, 0.3) is 0 Å². The molecule has 0 saturated carbocycles. The first-order chi connectivity index (χ1) is 7.33. The molecule has 0 unspecified atom stereocenters. The van der Waals surface area contributed by atoms with Gasteiger partial charge in [0.1, 0.15) is 0 Å². The Labute approximate surface area is 90.2 Å². The van der Waals surface area contributed by atoms with Crippen LogP contribution in [0.1, 0.15) is 24.0 Å². The molecule has 0 aromatic heterocycles. The molecule has 15 heavy (non-hydrogen) atoms. The van der Waals surface area contributed by atoms with Crippen LogP contribution >= 0.6 is 0 Å². The van der Waals surface area contributed by atoms with E-state index in [2.05, 4.69) is 13.0 Å². The van der Waals surface area contributed by atoms with E-state index >= 15 is 0 Å². The molecule has 0 aliphatic carbocycles. The van der Waals surface area contributed by atoms with Crippen LogP contribution in [0.25, 0.3) is 0 Å². The van der Waals surface area contributed by atoms with Crippen molar-refractivity contribution in [3.8, 4) is 11.5 Å². The lowest BCUT2D eigenvalue weighted by molar-refractivity contribution is 0.173. The van der Waals surface area contributed by atoms with Crippen molar-refractivity contribution < 1.29 is 9.47 Å². The molecule has 1 aromatic rings. The zero-order valence-electron chi connectivity index (χ0n) is 9.08. The minimum atomic E-state index is 0.350. The summed E-state index contributed by atoms with van der Waals surface area (Å²) < 4.78 is 10.8. The maximum absolute atomic E-state index is 5.49. The van der Waals surface area contributed by atoms with Gasteiger partial charge in [-0.05, 0) is 44.4 Å². The highest BCUT2D eigenvalue weighted by molar-refractivity contribution is 5.51. The average Bonchev–Trinajstić information content (AvgIpc) is 2.69. The Bertz CT molecular complexity index is 350. The Morgan fingerprint density at radius 3 is 2.93 bits per heavy atom. The van der Waals surface area contributed by atoms with Crippen LogP contribution in [0.4, 0.5) is 0 Å². The first-order valence-corrected chi connectivity index (χ1v) is 5.41. The molecule has 0 fully saturated rings. The lowest BCUT2D eigenvalue weighted by Gasteiger charge is -2.08. The van der Waals surface area contributed by atoms with Gasteiger partial charge < -0.3 is 15.2 Å². The molecule has 1 aromatic carbocycles. The van der Waals surface area contributed by atoms with E-state index in [1.807, 2.05) is 6.07 Å². The third-order valence-electron chi connectivity index (χ3n) is 2.76. The molecule has 82 valence electrons. The molecule has 0 amide bonds. The monoisotopic (exact) mass is 207 g/mol. The molecule has 0 bridgehead atoms. The van der Waals surface area contributed by atoms with Gasteiger partial charge in [0.2, 0.25) is 6.79 Å². The fourth-order valence-corrected chi connectivity index (χ4v) is 1.89. The Balaban J connectivity index is 2.17. The zero-order chi connectivity index (χ0) is 10.7. The molecule has 1 aliphatic heterocycles. The summed E-state index contributed by atoms with van der Waals surface area (Å²) in [6, 6.07) is 4.06. The van der Waals surface area contributed by atoms with Crippen molar-refractivity contribution in [1.29, 1.82) is 0 Å². The SMILES string of the molecule is Cc1ccc2c(c1CCCCN)OCO2. The Kier molecular flexibility index (Phi) is 3.11. The van der Waals surface area contributed by atoms with E-state index in [1.54, 1.807) is 0 Å². The molecule has 0 radical (unpaired) electrons. The van der Waals surface area contributed by atoms with Gasteiger partial charge in [0, 0.05) is 5.56 Å². The Hall–Kier alpha value is -1.22. The molecule has 0 spiro atoms. The van der Waals surface area contributed by atoms with Gasteiger partial charge in [-0.2, -0.15) is 0 Å². The van der Waals surface area contributed by atoms with E-state index < -0.39 is 0 Å². The summed E-state index contributed by atoms with van der Waals surface area (Å²) in [7, 11) is 0. The van der Waals surface area contributed by atoms with Gasteiger partial charge in [0.15, 0.2) is 11.5 Å². The molecule has 1 heterocycles. The lowest BCUT2D eigenvalue weighted by atomic mass is 10.0. The van der Waals surface area contributed by atoms with Gasteiger partial charge in [-0.1, -0.05) is 6.07 Å². The van der Waals surface area contributed by atoms with Crippen LogP contribution in [0.2, 0.25) is 0 Å². The number of hydrogen-bond acceptors (Lipinski definition) is 3. The Morgan fingerprint density at radius 2 is 2.13 bits per heavy atom. The summed E-state index contributed by atoms with van der Waals surface area (Å²) >= 11 is 0. The minimum Gasteiger partial charge on any atom is -0.454 e. The number of fused-ring (bicyclic) bond motifs is 1. The van der Waals surface area contributed by atoms with E-state index in [4.69, 9.17) is 15.2 Å². The first kappa shape index (κ1) is 10.3. The second-order valence-corrected chi connectivity index (χ2v) is 3.84. The molecule has 1 aliphatic rings. The standard InChI is InChI=1S/C12H17NO2/c1-9-5-6-11-12(15-8-14-11)10(9)4-2-3-7-13/h5-6H,2-4,7-8,13H2,1H3. The highest BCUT2D eigenvalue weighted by atomic mass is 16.7. The quantitative estimate of drug-likeness (QED) is 0.768. The Morgan fingerprint density at radius 1 is 1.27 bits per heavy atom. The molecular weight excluding hydrogens is 190 g/mol. The maximum Gasteiger partial charge on any atom is 0.231 e. The van der Waals surface area contributed by atoms with Crippen molar-refractivity contribution in [3.05, 3.63) is 23.3 Å². The van der Waals surface area contributed by atoms with E-state index in [-0.39, 0.29) is 0 Å². The van der Waals surface area contributed by atoms with E-state index in [0.29, 0.717) is 6.79 Å². The fraction of sp³-hybridized carbons (Fsp3) is 0.500. The topological polar surface area (TPSA) is 44.5 Å². The molecule has 0 atom stereocenters. The van der Waals surface area contributed by atoms with Crippen molar-refractivity contribution in [3.63, 3.8) is 0 Å². The van der Waals surface area contributed by atoms with E-state index in [0.717, 1.165) is 37.3 Å². The summed E-state index contributed by atoms with van der Waals surface area (Å²) in [5.41, 5.74) is 8.04. The first-order valence-electron chi connectivity index (χ1n) is 5.41. The second-order valence-electron chi connectivity index (χ2n) is 3.84. The summed E-state index contributed by atoms with van der Waals surface area (Å²) in [4.78, 5) is 0. The number of rotatable bonds is 4. The van der Waals surface area contributed by atoms with Crippen LogP contribution in [0.5, 0.6) is 11.5 Å². The van der Waals surface area contributed by atoms with Gasteiger partial charge >= 0.3 is 0 Å². The lowest BCUT2D eigenvalue weighted by Crippen LogP contribution is -2.00. The number of hydrogen-bond donors (Lipinski definition) is 1. The van der Waals surface area contributed by atoms with Crippen molar-refractivity contribution in [2.24, 2.45) is 5.73 Å².